The van der Waals surface area contributed by atoms with Crippen LogP contribution in [-0.4, -0.2) is 16.3 Å². The number of hydrogen-bond acceptors (Lipinski definition) is 1. The fourth-order valence-corrected chi connectivity index (χ4v) is 2.24. The summed E-state index contributed by atoms with van der Waals surface area (Å²) in [6.07, 6.45) is 6.54. The Labute approximate surface area is 101 Å². The monoisotopic (exact) mass is 275 g/mol. The second kappa shape index (κ2) is 5.33. The molecular weight excluding hydrogens is 254 g/mol. The van der Waals surface area contributed by atoms with Crippen LogP contribution in [0.15, 0.2) is 0 Å². The average molecular weight is 276 g/mol. The molecule has 1 rings (SSSR count). The minimum absolute atomic E-state index is 0.0978. The highest BCUT2D eigenvalue weighted by Crippen LogP contribution is 2.27. The number of nitrogens with one attached hydrogen (secondary N) is 1. The van der Waals surface area contributed by atoms with E-state index in [0.717, 1.165) is 0 Å². The van der Waals surface area contributed by atoms with E-state index in [-0.39, 0.29) is 5.91 Å². The van der Waals surface area contributed by atoms with Crippen LogP contribution in [0.1, 0.15) is 52.9 Å². The molecule has 1 amide bonds. The molecule has 1 aliphatic carbocycles. The number of hydrogen-bond donors (Lipinski definition) is 1. The van der Waals surface area contributed by atoms with E-state index in [2.05, 4.69) is 28.2 Å². The second-order valence-corrected chi connectivity index (χ2v) is 7.12. The van der Waals surface area contributed by atoms with E-state index in [4.69, 9.17) is 0 Å². The lowest BCUT2D eigenvalue weighted by Gasteiger charge is -2.30. The molecule has 1 fully saturated rings. The highest BCUT2D eigenvalue weighted by Gasteiger charge is 2.27. The molecule has 0 saturated heterocycles. The van der Waals surface area contributed by atoms with Gasteiger partial charge in [0.2, 0.25) is 5.91 Å². The van der Waals surface area contributed by atoms with Crippen LogP contribution in [0.4, 0.5) is 0 Å². The smallest absolute Gasteiger partial charge is 0.236 e. The third-order valence-corrected chi connectivity index (χ3v) is 3.62. The van der Waals surface area contributed by atoms with E-state index in [0.29, 0.717) is 12.0 Å². The zero-order valence-electron chi connectivity index (χ0n) is 9.98. The first kappa shape index (κ1) is 13.0. The fourth-order valence-electron chi connectivity index (χ4n) is 2.13. The molecule has 0 bridgehead atoms. The standard InChI is InChI=1S/C12H22BrNO/c1-9(10-7-5-4-6-8-10)14-11(15)12(2,3)13/h9-10H,4-8H2,1-3H3,(H,14,15)/t9-/m1/s1. The maximum absolute atomic E-state index is 11.8. The molecule has 0 unspecified atom stereocenters. The van der Waals surface area contributed by atoms with Crippen molar-refractivity contribution in [1.29, 1.82) is 0 Å². The Balaban J connectivity index is 2.40. The molecule has 0 aromatic heterocycles. The van der Waals surface area contributed by atoms with Gasteiger partial charge in [-0.3, -0.25) is 4.79 Å². The van der Waals surface area contributed by atoms with Crippen LogP contribution in [0.3, 0.4) is 0 Å². The van der Waals surface area contributed by atoms with Gasteiger partial charge < -0.3 is 5.32 Å². The first-order chi connectivity index (χ1) is 6.91. The topological polar surface area (TPSA) is 29.1 Å². The summed E-state index contributed by atoms with van der Waals surface area (Å²) in [5.41, 5.74) is 0. The van der Waals surface area contributed by atoms with Crippen molar-refractivity contribution in [2.45, 2.75) is 63.2 Å². The van der Waals surface area contributed by atoms with Crippen LogP contribution in [0, 0.1) is 5.92 Å². The molecule has 3 heteroatoms. The Hall–Kier alpha value is -0.0500. The average Bonchev–Trinajstić information content (AvgIpc) is 2.17. The Bertz CT molecular complexity index is 216. The van der Waals surface area contributed by atoms with Crippen molar-refractivity contribution < 1.29 is 4.79 Å². The Morgan fingerprint density at radius 1 is 1.33 bits per heavy atom. The van der Waals surface area contributed by atoms with E-state index in [1.54, 1.807) is 0 Å². The van der Waals surface area contributed by atoms with Crippen LogP contribution in [0.25, 0.3) is 0 Å². The first-order valence-electron chi connectivity index (χ1n) is 5.91. The quantitative estimate of drug-likeness (QED) is 0.788. The molecule has 2 nitrogen and oxygen atoms in total. The molecule has 15 heavy (non-hydrogen) atoms. The normalized spacial score (nSPS) is 21.1. The number of halogens is 1. The van der Waals surface area contributed by atoms with Crippen LogP contribution >= 0.6 is 15.9 Å². The maximum atomic E-state index is 11.8. The van der Waals surface area contributed by atoms with Gasteiger partial charge in [-0.05, 0) is 39.5 Å². The van der Waals surface area contributed by atoms with Crippen molar-refractivity contribution in [1.82, 2.24) is 5.32 Å². The molecular formula is C12H22BrNO. The van der Waals surface area contributed by atoms with Gasteiger partial charge in [0.25, 0.3) is 0 Å². The molecule has 0 aromatic carbocycles. The van der Waals surface area contributed by atoms with Gasteiger partial charge >= 0.3 is 0 Å². The van der Waals surface area contributed by atoms with Gasteiger partial charge in [0, 0.05) is 6.04 Å². The predicted octanol–water partition coefficient (Wildman–Crippen LogP) is 3.24. The van der Waals surface area contributed by atoms with Crippen LogP contribution in [-0.2, 0) is 4.79 Å². The molecule has 0 aromatic rings. The van der Waals surface area contributed by atoms with E-state index < -0.39 is 4.32 Å². The largest absolute Gasteiger partial charge is 0.352 e. The molecule has 1 aliphatic rings. The second-order valence-electron chi connectivity index (χ2n) is 5.13. The summed E-state index contributed by atoms with van der Waals surface area (Å²) >= 11 is 3.38. The third-order valence-electron chi connectivity index (χ3n) is 3.26. The summed E-state index contributed by atoms with van der Waals surface area (Å²) < 4.78 is -0.448. The predicted molar refractivity (Wildman–Crippen MR) is 67.2 cm³/mol. The summed E-state index contributed by atoms with van der Waals surface area (Å²) in [5.74, 6) is 0.776. The zero-order chi connectivity index (χ0) is 11.5. The molecule has 1 saturated carbocycles. The van der Waals surface area contributed by atoms with Gasteiger partial charge in [0.1, 0.15) is 0 Å². The molecule has 0 spiro atoms. The Morgan fingerprint density at radius 3 is 2.33 bits per heavy atom. The number of carbonyl (C=O) groups excluding carboxylic acids is 1. The molecule has 88 valence electrons. The highest BCUT2D eigenvalue weighted by molar-refractivity contribution is 9.10. The van der Waals surface area contributed by atoms with Crippen LogP contribution < -0.4 is 5.32 Å². The molecule has 1 N–H and O–H groups in total. The van der Waals surface area contributed by atoms with Gasteiger partial charge in [-0.25, -0.2) is 0 Å². The lowest BCUT2D eigenvalue weighted by molar-refractivity contribution is -0.123. The third kappa shape index (κ3) is 4.13. The summed E-state index contributed by atoms with van der Waals surface area (Å²) in [5, 5.41) is 3.10. The number of rotatable bonds is 3. The van der Waals surface area contributed by atoms with Crippen molar-refractivity contribution in [3.05, 3.63) is 0 Å². The van der Waals surface area contributed by atoms with Gasteiger partial charge in [0.15, 0.2) is 0 Å². The van der Waals surface area contributed by atoms with E-state index in [1.807, 2.05) is 13.8 Å². The van der Waals surface area contributed by atoms with E-state index >= 15 is 0 Å². The molecule has 0 aliphatic heterocycles. The van der Waals surface area contributed by atoms with E-state index in [1.165, 1.54) is 32.1 Å². The molecule has 0 radical (unpaired) electrons. The maximum Gasteiger partial charge on any atom is 0.236 e. The van der Waals surface area contributed by atoms with Gasteiger partial charge in [-0.1, -0.05) is 35.2 Å². The summed E-state index contributed by atoms with van der Waals surface area (Å²) in [6, 6.07) is 0.314. The van der Waals surface area contributed by atoms with Gasteiger partial charge in [0.05, 0.1) is 4.32 Å². The van der Waals surface area contributed by atoms with Crippen molar-refractivity contribution >= 4 is 21.8 Å². The van der Waals surface area contributed by atoms with Gasteiger partial charge in [-0.2, -0.15) is 0 Å². The van der Waals surface area contributed by atoms with Crippen LogP contribution in [0.2, 0.25) is 0 Å². The van der Waals surface area contributed by atoms with E-state index in [9.17, 15) is 4.79 Å². The number of alkyl halides is 1. The minimum atomic E-state index is -0.448. The van der Waals surface area contributed by atoms with Gasteiger partial charge in [-0.15, -0.1) is 0 Å². The Kier molecular flexibility index (Phi) is 4.63. The number of amides is 1. The fraction of sp³-hybridized carbons (Fsp3) is 0.917. The lowest BCUT2D eigenvalue weighted by Crippen LogP contribution is -2.45. The summed E-state index contributed by atoms with van der Waals surface area (Å²) in [6.45, 7) is 5.90. The Morgan fingerprint density at radius 2 is 1.87 bits per heavy atom. The molecule has 1 atom stereocenters. The van der Waals surface area contributed by atoms with Crippen molar-refractivity contribution in [3.8, 4) is 0 Å². The van der Waals surface area contributed by atoms with Crippen molar-refractivity contribution in [2.75, 3.05) is 0 Å². The van der Waals surface area contributed by atoms with Crippen LogP contribution in [0.5, 0.6) is 0 Å². The highest BCUT2D eigenvalue weighted by atomic mass is 79.9. The van der Waals surface area contributed by atoms with Crippen molar-refractivity contribution in [3.63, 3.8) is 0 Å². The number of carbonyl (C=O) groups is 1. The molecule has 0 heterocycles. The zero-order valence-corrected chi connectivity index (χ0v) is 11.6. The lowest BCUT2D eigenvalue weighted by atomic mass is 9.84. The summed E-state index contributed by atoms with van der Waals surface area (Å²) in [7, 11) is 0. The SMILES string of the molecule is C[C@@H](NC(=O)C(C)(C)Br)C1CCCCC1. The van der Waals surface area contributed by atoms with Crippen molar-refractivity contribution in [2.24, 2.45) is 5.92 Å². The first-order valence-corrected chi connectivity index (χ1v) is 6.70. The minimum Gasteiger partial charge on any atom is -0.352 e. The summed E-state index contributed by atoms with van der Waals surface area (Å²) in [4.78, 5) is 11.8.